The van der Waals surface area contributed by atoms with Crippen LogP contribution < -0.4 is 0 Å². The van der Waals surface area contributed by atoms with Gasteiger partial charge < -0.3 is 0 Å². The lowest BCUT2D eigenvalue weighted by Gasteiger charge is -2.10. The van der Waals surface area contributed by atoms with Crippen molar-refractivity contribution < 1.29 is 58.7 Å². The third kappa shape index (κ3) is 24.1. The average Bonchev–Trinajstić information content (AvgIpc) is 1.39. The Balaban J connectivity index is 0.000000240. The fraction of sp³-hybridized carbons (Fsp3) is 0.0562. The van der Waals surface area contributed by atoms with E-state index in [9.17, 15) is 58.7 Å². The highest BCUT2D eigenvalue weighted by Gasteiger charge is 2.26. The van der Waals surface area contributed by atoms with Gasteiger partial charge in [0.05, 0.1) is 70.3 Å². The summed E-state index contributed by atoms with van der Waals surface area (Å²) in [6, 6.07) is 61.1. The fourth-order valence-corrected chi connectivity index (χ4v) is 14.5. The van der Waals surface area contributed by atoms with Gasteiger partial charge in [0.2, 0.25) is 23.1 Å². The van der Waals surface area contributed by atoms with Gasteiger partial charge >= 0.3 is 0 Å². The van der Waals surface area contributed by atoms with Crippen molar-refractivity contribution in [2.75, 3.05) is 0 Å². The van der Waals surface area contributed by atoms with Crippen LogP contribution in [0.25, 0.3) is 65.7 Å². The van der Waals surface area contributed by atoms with Gasteiger partial charge in [-0.1, -0.05) is 66.7 Å². The molecule has 0 amide bonds. The van der Waals surface area contributed by atoms with E-state index in [1.165, 1.54) is 152 Å². The van der Waals surface area contributed by atoms with Crippen molar-refractivity contribution in [3.63, 3.8) is 0 Å². The van der Waals surface area contributed by atoms with Crippen LogP contribution in [0.1, 0.15) is 104 Å². The molecule has 564 valence electrons. The summed E-state index contributed by atoms with van der Waals surface area (Å²) in [7, 11) is 0. The van der Waals surface area contributed by atoms with E-state index < -0.39 is 52.2 Å². The van der Waals surface area contributed by atoms with Crippen LogP contribution in [-0.2, 0) is 0 Å². The van der Waals surface area contributed by atoms with Crippen LogP contribution >= 0.6 is 77.2 Å². The topological polar surface area (TPSA) is 120 Å². The Kier molecular flexibility index (Phi) is 33.2. The summed E-state index contributed by atoms with van der Waals surface area (Å²) in [5, 5.41) is 0. The number of ketones is 4. The number of carbonyl (C=O) groups is 4. The first-order chi connectivity index (χ1) is 51.6. The minimum atomic E-state index is -0.861. The maximum absolute atomic E-state index is 14.1. The number of Topliss-reactive ketones (excluding diaryl/α,β-unsaturated/α-hetero) is 4. The molecule has 0 spiro atoms. The third-order valence-corrected chi connectivity index (χ3v) is 20.0. The predicted octanol–water partition coefficient (Wildman–Crippen LogP) is 26.1. The zero-order valence-corrected chi connectivity index (χ0v) is 61.0. The number of carbonyl (C=O) groups excluding carboxylic acids is 4. The highest BCUT2D eigenvalue weighted by atomic mass is 79.9. The highest BCUT2D eigenvalue weighted by molar-refractivity contribution is 9.12. The van der Waals surface area contributed by atoms with E-state index in [1.54, 1.807) is 84.1 Å². The number of hydrogen-bond donors (Lipinski definition) is 0. The molecule has 0 unspecified atom stereocenters. The van der Waals surface area contributed by atoms with Crippen molar-refractivity contribution in [1.82, 2.24) is 19.9 Å². The molecule has 0 aliphatic carbocycles. The van der Waals surface area contributed by atoms with E-state index in [-0.39, 0.29) is 81.3 Å². The Morgan fingerprint density at radius 1 is 0.286 bits per heavy atom. The predicted molar refractivity (Wildman–Crippen MR) is 443 cm³/mol. The lowest BCUT2D eigenvalue weighted by molar-refractivity contribution is 0.0818. The zero-order valence-electron chi connectivity index (χ0n) is 54.5. The number of halogens is 11. The van der Waals surface area contributed by atoms with Gasteiger partial charge in [-0.15, -0.1) is 51.8 Å². The van der Waals surface area contributed by atoms with Crippen molar-refractivity contribution in [3.05, 3.63) is 362 Å². The fourth-order valence-electron chi connectivity index (χ4n) is 9.52. The van der Waals surface area contributed by atoms with Crippen LogP contribution in [0.4, 0.5) is 39.5 Å². The minimum Gasteiger partial charge on any atom is -0.285 e. The Bertz CT molecular complexity index is 5770. The Morgan fingerprint density at radius 2 is 0.589 bits per heavy atom. The van der Waals surface area contributed by atoms with E-state index >= 15 is 0 Å². The van der Waals surface area contributed by atoms with E-state index in [1.807, 2.05) is 36.4 Å². The molecule has 0 saturated carbocycles. The minimum absolute atomic E-state index is 0. The standard InChI is InChI=1S/C32H16F4N4S.C20H10F2O4S.C20H10F2S.C8H5F.C4H2Br2S.5CH4/c33-19-5-1-17(2-6-19)29-32(40-26-16-22(36)9-11-23(26)37-29)28-14-13-27(41-28)31-30(18-3-7-20(34)8-4-18)39-25-15-21(35)10-12-24(25)38-31;21-13-5-1-11(2-6-13)17(23)19(25)15-9-10-16(27-15)20(26)18(24)12-3-7-14(22)8-4-12;21-17-7-1-15(2-8-17)5-11-19-13-14-20(23-19)12-6-16-3-9-18(22)10-4-16;1-2-7-3-5-8(9)6-4-7;5-3-1-2-4(6)7-3;;;;;/h1-16H;1-10H;1-4,7-10,13-14H;1,3-6H;1-2H;5*1H4. The van der Waals surface area contributed by atoms with Crippen LogP contribution in [0.15, 0.2) is 262 Å². The molecule has 15 aromatic rings. The first-order valence-electron chi connectivity index (χ1n) is 31.2. The third-order valence-electron chi connectivity index (χ3n) is 14.7. The first kappa shape index (κ1) is 89.0. The second kappa shape index (κ2) is 41.8. The molecular formula is C89H63Br2F9N4O4S4. The number of benzene rings is 9. The SMILES string of the molecule is Brc1ccc(Br)s1.C.C.C.C.C.C#Cc1ccc(F)cc1.Fc1ccc(-c2nc3cc(F)ccc3nc2-c2ccc(-c3nc4cc(F)ccc4nc3-c3ccc(F)cc3)s2)cc1.Fc1ccc(C#Cc2ccc(C#Cc3ccc(F)cc3)s2)cc1.O=C(C(=O)c1ccc(C(=O)C(=O)c2ccc(F)cc2)s1)c1ccc(F)cc1. The summed E-state index contributed by atoms with van der Waals surface area (Å²) in [4.78, 5) is 71.1. The molecule has 0 aliphatic heterocycles. The summed E-state index contributed by atoms with van der Waals surface area (Å²) in [5.41, 5.74) is 7.25. The molecule has 0 bridgehead atoms. The molecule has 9 aromatic carbocycles. The van der Waals surface area contributed by atoms with Crippen molar-refractivity contribution in [1.29, 1.82) is 0 Å². The van der Waals surface area contributed by atoms with Gasteiger partial charge in [-0.3, -0.25) is 19.2 Å². The highest BCUT2D eigenvalue weighted by Crippen LogP contribution is 2.41. The van der Waals surface area contributed by atoms with Crippen molar-refractivity contribution in [2.24, 2.45) is 0 Å². The Morgan fingerprint density at radius 3 is 0.929 bits per heavy atom. The van der Waals surface area contributed by atoms with Gasteiger partial charge in [-0.2, -0.15) is 0 Å². The van der Waals surface area contributed by atoms with Crippen LogP contribution in [0.3, 0.4) is 0 Å². The Labute approximate surface area is 674 Å². The molecule has 6 aromatic heterocycles. The molecule has 0 saturated heterocycles. The second-order valence-electron chi connectivity index (χ2n) is 22.2. The normalized spacial score (nSPS) is 9.91. The number of nitrogens with zero attached hydrogens (tertiary/aromatic N) is 4. The summed E-state index contributed by atoms with van der Waals surface area (Å²) < 4.78 is 121. The van der Waals surface area contributed by atoms with Gasteiger partial charge in [0, 0.05) is 51.1 Å². The van der Waals surface area contributed by atoms with Gasteiger partial charge in [-0.05, 0) is 275 Å². The number of thiophene rings is 4. The first-order valence-corrected chi connectivity index (χ1v) is 36.1. The Hall–Kier alpha value is -11.9. The number of aromatic nitrogens is 4. The van der Waals surface area contributed by atoms with E-state index in [0.717, 1.165) is 50.0 Å². The molecule has 0 radical (unpaired) electrons. The van der Waals surface area contributed by atoms with Crippen molar-refractivity contribution >= 4 is 122 Å². The maximum Gasteiger partial charge on any atom is 0.243 e. The number of hydrogen-bond acceptors (Lipinski definition) is 12. The second-order valence-corrected chi connectivity index (χ2v) is 29.2. The lowest BCUT2D eigenvalue weighted by atomic mass is 10.1. The molecule has 0 fully saturated rings. The summed E-state index contributed by atoms with van der Waals surface area (Å²) in [6.07, 6.45) is 5.03. The molecule has 112 heavy (non-hydrogen) atoms. The number of terminal acetylenes is 1. The molecule has 0 atom stereocenters. The van der Waals surface area contributed by atoms with Gasteiger partial charge in [0.25, 0.3) is 0 Å². The van der Waals surface area contributed by atoms with Crippen LogP contribution in [0, 0.1) is 88.4 Å². The van der Waals surface area contributed by atoms with Crippen LogP contribution in [-0.4, -0.2) is 43.1 Å². The number of rotatable bonds is 10. The van der Waals surface area contributed by atoms with Crippen LogP contribution in [0.2, 0.25) is 0 Å². The summed E-state index contributed by atoms with van der Waals surface area (Å²) in [5.74, 6) is 7.47. The molecule has 8 nitrogen and oxygen atoms in total. The quantitative estimate of drug-likeness (QED) is 0.0575. The molecule has 0 aliphatic rings. The number of fused-ring (bicyclic) bond motifs is 2. The molecule has 23 heteroatoms. The zero-order chi connectivity index (χ0) is 75.7. The smallest absolute Gasteiger partial charge is 0.243 e. The average molecular weight is 1710 g/mol. The van der Waals surface area contributed by atoms with E-state index in [2.05, 4.69) is 61.5 Å². The van der Waals surface area contributed by atoms with Gasteiger partial charge in [0.15, 0.2) is 0 Å². The molecular weight excluding hydrogens is 1650 g/mol. The van der Waals surface area contributed by atoms with Crippen LogP contribution in [0.5, 0.6) is 0 Å². The van der Waals surface area contributed by atoms with Crippen molar-refractivity contribution in [2.45, 2.75) is 37.1 Å². The largest absolute Gasteiger partial charge is 0.285 e. The van der Waals surface area contributed by atoms with Crippen molar-refractivity contribution in [3.8, 4) is 79.7 Å². The van der Waals surface area contributed by atoms with E-state index in [4.69, 9.17) is 26.4 Å². The maximum atomic E-state index is 14.1. The molecule has 15 rings (SSSR count). The van der Waals surface area contributed by atoms with Gasteiger partial charge in [-0.25, -0.2) is 59.4 Å². The van der Waals surface area contributed by atoms with Gasteiger partial charge in [0.1, 0.15) is 63.7 Å². The molecule has 6 heterocycles. The monoisotopic (exact) mass is 1710 g/mol. The lowest BCUT2D eigenvalue weighted by Crippen LogP contribution is -2.14. The summed E-state index contributed by atoms with van der Waals surface area (Å²) >= 11 is 11.9. The van der Waals surface area contributed by atoms with E-state index in [0.29, 0.717) is 77.7 Å². The summed E-state index contributed by atoms with van der Waals surface area (Å²) in [6.45, 7) is 0. The molecule has 0 N–H and O–H groups in total.